The molecule has 1 saturated heterocycles. The van der Waals surface area contributed by atoms with Crippen molar-refractivity contribution in [1.82, 2.24) is 9.88 Å². The molecule has 1 aromatic heterocycles. The highest BCUT2D eigenvalue weighted by atomic mass is 16.4. The van der Waals surface area contributed by atoms with Crippen LogP contribution in [-0.2, 0) is 4.79 Å². The molecule has 0 amide bonds. The third-order valence-corrected chi connectivity index (χ3v) is 4.36. The molecule has 0 saturated carbocycles. The Kier molecular flexibility index (Phi) is 10.2. The molecular formula is C24H30N2O2. The first-order valence-electron chi connectivity index (χ1n) is 9.23. The molecule has 3 rings (SSSR count). The van der Waals surface area contributed by atoms with E-state index in [0.717, 1.165) is 11.1 Å². The van der Waals surface area contributed by atoms with Gasteiger partial charge in [0.2, 0.25) is 0 Å². The molecule has 0 bridgehead atoms. The van der Waals surface area contributed by atoms with Gasteiger partial charge in [-0.15, -0.1) is 0 Å². The number of benzene rings is 1. The van der Waals surface area contributed by atoms with E-state index >= 15 is 0 Å². The fourth-order valence-electron chi connectivity index (χ4n) is 2.67. The van der Waals surface area contributed by atoms with Crippen LogP contribution < -0.4 is 0 Å². The number of carboxylic acids is 1. The van der Waals surface area contributed by atoms with Crippen LogP contribution in [0, 0.1) is 0 Å². The summed E-state index contributed by atoms with van der Waals surface area (Å²) >= 11 is 0. The summed E-state index contributed by atoms with van der Waals surface area (Å²) in [5.41, 5.74) is 3.82. The zero-order valence-electron chi connectivity index (χ0n) is 16.8. The Bertz CT molecular complexity index is 728. The Hall–Kier alpha value is -2.98. The average Bonchev–Trinajstić information content (AvgIpc) is 3.15. The fraction of sp³-hybridized carbons (Fsp3) is 0.250. The molecule has 2 aromatic rings. The van der Waals surface area contributed by atoms with Gasteiger partial charge in [-0.2, -0.15) is 0 Å². The first-order chi connectivity index (χ1) is 13.4. The van der Waals surface area contributed by atoms with Gasteiger partial charge in [0, 0.05) is 24.0 Å². The molecule has 1 fully saturated rings. The van der Waals surface area contributed by atoms with Gasteiger partial charge in [0.25, 0.3) is 0 Å². The van der Waals surface area contributed by atoms with Crippen molar-refractivity contribution < 1.29 is 9.90 Å². The minimum absolute atomic E-state index is 0.176. The molecule has 28 heavy (non-hydrogen) atoms. The molecular weight excluding hydrogens is 348 g/mol. The van der Waals surface area contributed by atoms with Gasteiger partial charge >= 0.3 is 5.97 Å². The maximum atomic E-state index is 9.60. The Morgan fingerprint density at radius 1 is 1.18 bits per heavy atom. The average molecular weight is 379 g/mol. The standard InChI is InChI=1S/C10H14N2.C10H10.C4H6O2/c1-12-7-3-5-10(12)9-4-2-6-11-8-9;1-3-9-5-7-10(4-2)8-6-9;1-3(2)4(5)6/h2,4,6,8,10H,3,5,7H2,1H3;3-8H,1-2H2;1H2,2H3,(H,5,6)/t10-;;/m0../s1. The summed E-state index contributed by atoms with van der Waals surface area (Å²) in [4.78, 5) is 16.1. The van der Waals surface area contributed by atoms with Crippen LogP contribution in [0.3, 0.4) is 0 Å². The van der Waals surface area contributed by atoms with E-state index in [-0.39, 0.29) is 5.57 Å². The minimum Gasteiger partial charge on any atom is -0.478 e. The van der Waals surface area contributed by atoms with Crippen LogP contribution in [0.15, 0.2) is 74.1 Å². The highest BCUT2D eigenvalue weighted by Crippen LogP contribution is 2.29. The summed E-state index contributed by atoms with van der Waals surface area (Å²) in [6, 6.07) is 12.9. The first kappa shape index (κ1) is 23.1. The number of pyridine rings is 1. The van der Waals surface area contributed by atoms with Crippen molar-refractivity contribution in [2.75, 3.05) is 13.6 Å². The zero-order valence-corrected chi connectivity index (χ0v) is 16.8. The van der Waals surface area contributed by atoms with E-state index in [0.29, 0.717) is 6.04 Å². The van der Waals surface area contributed by atoms with E-state index in [1.54, 1.807) is 0 Å². The predicted molar refractivity (Wildman–Crippen MR) is 118 cm³/mol. The van der Waals surface area contributed by atoms with Gasteiger partial charge in [-0.05, 0) is 56.1 Å². The molecule has 0 spiro atoms. The van der Waals surface area contributed by atoms with Crippen LogP contribution in [0.1, 0.15) is 42.5 Å². The topological polar surface area (TPSA) is 53.4 Å². The number of likely N-dealkylation sites (tertiary alicyclic amines) is 1. The SMILES string of the molecule is C=C(C)C(=O)O.C=Cc1ccc(C=C)cc1.CN1CCC[C@H]1c1cccnc1. The summed E-state index contributed by atoms with van der Waals surface area (Å²) < 4.78 is 0. The maximum Gasteiger partial charge on any atom is 0.330 e. The molecule has 0 unspecified atom stereocenters. The monoisotopic (exact) mass is 378 g/mol. The summed E-state index contributed by atoms with van der Waals surface area (Å²) in [7, 11) is 2.19. The summed E-state index contributed by atoms with van der Waals surface area (Å²) in [5.74, 6) is -0.935. The number of hydrogen-bond donors (Lipinski definition) is 1. The van der Waals surface area contributed by atoms with Gasteiger partial charge in [-0.25, -0.2) is 4.79 Å². The van der Waals surface area contributed by atoms with Crippen molar-refractivity contribution in [3.05, 3.63) is 90.8 Å². The van der Waals surface area contributed by atoms with Gasteiger partial charge in [0.1, 0.15) is 0 Å². The predicted octanol–water partition coefficient (Wildman–Crippen LogP) is 5.47. The highest BCUT2D eigenvalue weighted by Gasteiger charge is 2.21. The Morgan fingerprint density at radius 3 is 2.04 bits per heavy atom. The third kappa shape index (κ3) is 8.14. The lowest BCUT2D eigenvalue weighted by Gasteiger charge is -2.18. The van der Waals surface area contributed by atoms with Crippen LogP contribution in [-0.4, -0.2) is 34.6 Å². The highest BCUT2D eigenvalue weighted by molar-refractivity contribution is 5.84. The second kappa shape index (κ2) is 12.4. The number of aliphatic carboxylic acids is 1. The lowest BCUT2D eigenvalue weighted by molar-refractivity contribution is -0.132. The molecule has 4 heteroatoms. The number of carbonyl (C=O) groups is 1. The molecule has 0 radical (unpaired) electrons. The van der Waals surface area contributed by atoms with Gasteiger partial charge in [0.15, 0.2) is 0 Å². The minimum atomic E-state index is -0.935. The van der Waals surface area contributed by atoms with Crippen LogP contribution in [0.25, 0.3) is 12.2 Å². The molecule has 1 aliphatic heterocycles. The van der Waals surface area contributed by atoms with Crippen molar-refractivity contribution >= 4 is 18.1 Å². The lowest BCUT2D eigenvalue weighted by atomic mass is 10.1. The second-order valence-electron chi connectivity index (χ2n) is 6.59. The molecule has 1 atom stereocenters. The van der Waals surface area contributed by atoms with Gasteiger partial charge in [0.05, 0.1) is 0 Å². The van der Waals surface area contributed by atoms with Crippen molar-refractivity contribution in [2.24, 2.45) is 0 Å². The van der Waals surface area contributed by atoms with Gasteiger partial charge in [-0.1, -0.05) is 62.2 Å². The van der Waals surface area contributed by atoms with Crippen molar-refractivity contribution in [2.45, 2.75) is 25.8 Å². The molecule has 2 heterocycles. The number of aromatic nitrogens is 1. The van der Waals surface area contributed by atoms with E-state index in [1.165, 1.54) is 31.9 Å². The Morgan fingerprint density at radius 2 is 1.71 bits per heavy atom. The van der Waals surface area contributed by atoms with Crippen molar-refractivity contribution in [3.8, 4) is 0 Å². The normalized spacial score (nSPS) is 15.3. The summed E-state index contributed by atoms with van der Waals surface area (Å²) in [6.45, 7) is 13.1. The van der Waals surface area contributed by atoms with Crippen LogP contribution in [0.2, 0.25) is 0 Å². The molecule has 4 nitrogen and oxygen atoms in total. The Labute approximate surface area is 168 Å². The van der Waals surface area contributed by atoms with E-state index in [1.807, 2.05) is 54.9 Å². The van der Waals surface area contributed by atoms with Crippen LogP contribution in [0.5, 0.6) is 0 Å². The smallest absolute Gasteiger partial charge is 0.330 e. The molecule has 1 aromatic carbocycles. The number of hydrogen-bond acceptors (Lipinski definition) is 3. The first-order valence-corrected chi connectivity index (χ1v) is 9.23. The van der Waals surface area contributed by atoms with Crippen molar-refractivity contribution in [3.63, 3.8) is 0 Å². The molecule has 0 aliphatic carbocycles. The van der Waals surface area contributed by atoms with E-state index in [2.05, 4.69) is 42.7 Å². The lowest BCUT2D eigenvalue weighted by Crippen LogP contribution is -2.17. The van der Waals surface area contributed by atoms with Gasteiger partial charge in [-0.3, -0.25) is 9.88 Å². The van der Waals surface area contributed by atoms with E-state index in [9.17, 15) is 4.79 Å². The summed E-state index contributed by atoms with van der Waals surface area (Å²) in [5, 5.41) is 7.89. The summed E-state index contributed by atoms with van der Waals surface area (Å²) in [6.07, 6.45) is 10.1. The number of carboxylic acid groups (broad SMARTS) is 1. The van der Waals surface area contributed by atoms with Crippen LogP contribution in [0.4, 0.5) is 0 Å². The second-order valence-corrected chi connectivity index (χ2v) is 6.59. The Balaban J connectivity index is 0.000000223. The number of nitrogens with zero attached hydrogens (tertiary/aromatic N) is 2. The molecule has 1 aliphatic rings. The number of rotatable bonds is 4. The van der Waals surface area contributed by atoms with E-state index < -0.39 is 5.97 Å². The molecule has 148 valence electrons. The van der Waals surface area contributed by atoms with E-state index in [4.69, 9.17) is 5.11 Å². The van der Waals surface area contributed by atoms with Crippen LogP contribution >= 0.6 is 0 Å². The maximum absolute atomic E-state index is 9.60. The quantitative estimate of drug-likeness (QED) is 0.717. The molecule has 1 N–H and O–H groups in total. The largest absolute Gasteiger partial charge is 0.478 e. The third-order valence-electron chi connectivity index (χ3n) is 4.36. The zero-order chi connectivity index (χ0) is 20.9. The fourth-order valence-corrected chi connectivity index (χ4v) is 2.67. The van der Waals surface area contributed by atoms with Gasteiger partial charge < -0.3 is 5.11 Å². The van der Waals surface area contributed by atoms with Crippen molar-refractivity contribution in [1.29, 1.82) is 0 Å².